The Labute approximate surface area is 111 Å². The molecule has 19 heavy (non-hydrogen) atoms. The number of carboxylic acids is 1. The van der Waals surface area contributed by atoms with E-state index >= 15 is 0 Å². The van der Waals surface area contributed by atoms with Gasteiger partial charge in [-0.05, 0) is 25.5 Å². The lowest BCUT2D eigenvalue weighted by atomic mass is 10.1. The summed E-state index contributed by atoms with van der Waals surface area (Å²) in [5.74, 6) is -0.922. The van der Waals surface area contributed by atoms with Crippen LogP contribution in [0.25, 0.3) is 0 Å². The molecule has 1 heterocycles. The number of para-hydroxylation sites is 1. The highest BCUT2D eigenvalue weighted by Gasteiger charge is 2.12. The summed E-state index contributed by atoms with van der Waals surface area (Å²) in [6.07, 6.45) is 1.93. The van der Waals surface area contributed by atoms with Gasteiger partial charge in [-0.1, -0.05) is 12.1 Å². The average molecular weight is 259 g/mol. The monoisotopic (exact) mass is 259 g/mol. The van der Waals surface area contributed by atoms with Gasteiger partial charge < -0.3 is 10.4 Å². The molecule has 0 radical (unpaired) electrons. The highest BCUT2D eigenvalue weighted by molar-refractivity contribution is 5.95. The first-order valence-electron chi connectivity index (χ1n) is 6.05. The van der Waals surface area contributed by atoms with Crippen LogP contribution in [0.1, 0.15) is 27.2 Å². The van der Waals surface area contributed by atoms with E-state index in [1.165, 1.54) is 0 Å². The SMILES string of the molecule is Cc1cccc(C(=O)O)c1NCc1cn(C)nc1C. The van der Waals surface area contributed by atoms with Crippen molar-refractivity contribution in [3.05, 3.63) is 46.8 Å². The molecular formula is C14H17N3O2. The first-order valence-corrected chi connectivity index (χ1v) is 6.05. The fourth-order valence-electron chi connectivity index (χ4n) is 2.09. The van der Waals surface area contributed by atoms with Crippen molar-refractivity contribution >= 4 is 11.7 Å². The number of aryl methyl sites for hydroxylation is 3. The normalized spacial score (nSPS) is 10.5. The molecule has 0 bridgehead atoms. The molecule has 0 unspecified atom stereocenters. The van der Waals surface area contributed by atoms with Crippen LogP contribution in [0.15, 0.2) is 24.4 Å². The number of hydrogen-bond donors (Lipinski definition) is 2. The van der Waals surface area contributed by atoms with Crippen LogP contribution in [0.5, 0.6) is 0 Å². The minimum Gasteiger partial charge on any atom is -0.478 e. The Balaban J connectivity index is 2.24. The molecule has 2 aromatic rings. The van der Waals surface area contributed by atoms with E-state index < -0.39 is 5.97 Å². The summed E-state index contributed by atoms with van der Waals surface area (Å²) < 4.78 is 1.75. The third kappa shape index (κ3) is 2.76. The predicted octanol–water partition coefficient (Wildman–Crippen LogP) is 2.35. The Bertz CT molecular complexity index is 617. The van der Waals surface area contributed by atoms with Crippen LogP contribution < -0.4 is 5.32 Å². The molecule has 0 aliphatic heterocycles. The van der Waals surface area contributed by atoms with Crippen molar-refractivity contribution in [1.82, 2.24) is 9.78 Å². The van der Waals surface area contributed by atoms with Gasteiger partial charge in [-0.3, -0.25) is 4.68 Å². The van der Waals surface area contributed by atoms with E-state index in [1.54, 1.807) is 16.8 Å². The molecule has 1 aromatic heterocycles. The van der Waals surface area contributed by atoms with Gasteiger partial charge in [0.2, 0.25) is 0 Å². The van der Waals surface area contributed by atoms with Gasteiger partial charge in [-0.2, -0.15) is 5.10 Å². The smallest absolute Gasteiger partial charge is 0.337 e. The third-order valence-electron chi connectivity index (χ3n) is 3.07. The number of rotatable bonds is 4. The van der Waals surface area contributed by atoms with Crippen molar-refractivity contribution in [1.29, 1.82) is 0 Å². The maximum absolute atomic E-state index is 11.2. The highest BCUT2D eigenvalue weighted by atomic mass is 16.4. The van der Waals surface area contributed by atoms with Gasteiger partial charge in [0.15, 0.2) is 0 Å². The molecule has 100 valence electrons. The Kier molecular flexibility index (Phi) is 3.55. The standard InChI is InChI=1S/C14H17N3O2/c1-9-5-4-6-12(14(18)19)13(9)15-7-11-8-17(3)16-10(11)2/h4-6,8,15H,7H2,1-3H3,(H,18,19). The maximum atomic E-state index is 11.2. The van der Waals surface area contributed by atoms with Gasteiger partial charge in [-0.25, -0.2) is 4.79 Å². The number of nitrogens with one attached hydrogen (secondary N) is 1. The summed E-state index contributed by atoms with van der Waals surface area (Å²) in [6, 6.07) is 5.25. The van der Waals surface area contributed by atoms with E-state index in [-0.39, 0.29) is 0 Å². The topological polar surface area (TPSA) is 67.2 Å². The molecule has 0 aliphatic carbocycles. The van der Waals surface area contributed by atoms with Crippen LogP contribution in [0.4, 0.5) is 5.69 Å². The summed E-state index contributed by atoms with van der Waals surface area (Å²) in [5, 5.41) is 16.7. The zero-order valence-corrected chi connectivity index (χ0v) is 11.3. The number of aromatic nitrogens is 2. The minimum absolute atomic E-state index is 0.293. The van der Waals surface area contributed by atoms with Crippen molar-refractivity contribution in [2.75, 3.05) is 5.32 Å². The van der Waals surface area contributed by atoms with Gasteiger partial charge >= 0.3 is 5.97 Å². The van der Waals surface area contributed by atoms with E-state index in [4.69, 9.17) is 0 Å². The van der Waals surface area contributed by atoms with E-state index in [0.29, 0.717) is 17.8 Å². The predicted molar refractivity (Wildman–Crippen MR) is 73.4 cm³/mol. The molecule has 5 heteroatoms. The van der Waals surface area contributed by atoms with Gasteiger partial charge in [0.05, 0.1) is 16.9 Å². The maximum Gasteiger partial charge on any atom is 0.337 e. The van der Waals surface area contributed by atoms with Crippen LogP contribution in [0.2, 0.25) is 0 Å². The Morgan fingerprint density at radius 1 is 1.42 bits per heavy atom. The van der Waals surface area contributed by atoms with Gasteiger partial charge in [0.1, 0.15) is 0 Å². The molecule has 1 aromatic carbocycles. The number of carbonyl (C=O) groups is 1. The Morgan fingerprint density at radius 2 is 2.16 bits per heavy atom. The molecular weight excluding hydrogens is 242 g/mol. The second kappa shape index (κ2) is 5.14. The molecule has 0 fully saturated rings. The number of carboxylic acid groups (broad SMARTS) is 1. The van der Waals surface area contributed by atoms with Gasteiger partial charge in [-0.15, -0.1) is 0 Å². The quantitative estimate of drug-likeness (QED) is 0.884. The Hall–Kier alpha value is -2.30. The largest absolute Gasteiger partial charge is 0.478 e. The lowest BCUT2D eigenvalue weighted by molar-refractivity contribution is 0.0698. The number of aromatic carboxylic acids is 1. The second-order valence-electron chi connectivity index (χ2n) is 4.57. The van der Waals surface area contributed by atoms with Crippen molar-refractivity contribution in [2.45, 2.75) is 20.4 Å². The fourth-order valence-corrected chi connectivity index (χ4v) is 2.09. The molecule has 0 atom stereocenters. The van der Waals surface area contributed by atoms with E-state index in [1.807, 2.05) is 33.2 Å². The first-order chi connectivity index (χ1) is 8.99. The van der Waals surface area contributed by atoms with Crippen LogP contribution >= 0.6 is 0 Å². The van der Waals surface area contributed by atoms with Crippen molar-refractivity contribution in [2.24, 2.45) is 7.05 Å². The molecule has 0 amide bonds. The van der Waals surface area contributed by atoms with Gasteiger partial charge in [0.25, 0.3) is 0 Å². The summed E-state index contributed by atoms with van der Waals surface area (Å²) in [4.78, 5) is 11.2. The van der Waals surface area contributed by atoms with E-state index in [2.05, 4.69) is 10.4 Å². The van der Waals surface area contributed by atoms with E-state index in [0.717, 1.165) is 16.8 Å². The van der Waals surface area contributed by atoms with Crippen LogP contribution in [-0.2, 0) is 13.6 Å². The second-order valence-corrected chi connectivity index (χ2v) is 4.57. The fraction of sp³-hybridized carbons (Fsp3) is 0.286. The Morgan fingerprint density at radius 3 is 2.74 bits per heavy atom. The zero-order chi connectivity index (χ0) is 14.0. The summed E-state index contributed by atoms with van der Waals surface area (Å²) in [7, 11) is 1.87. The molecule has 0 saturated heterocycles. The third-order valence-corrected chi connectivity index (χ3v) is 3.07. The van der Waals surface area contributed by atoms with Crippen molar-refractivity contribution < 1.29 is 9.90 Å². The number of benzene rings is 1. The lowest BCUT2D eigenvalue weighted by Crippen LogP contribution is -2.08. The summed E-state index contributed by atoms with van der Waals surface area (Å²) >= 11 is 0. The first kappa shape index (κ1) is 13.1. The number of nitrogens with zero attached hydrogens (tertiary/aromatic N) is 2. The molecule has 2 N–H and O–H groups in total. The molecule has 0 aliphatic rings. The molecule has 2 rings (SSSR count). The minimum atomic E-state index is -0.922. The summed E-state index contributed by atoms with van der Waals surface area (Å²) in [5.41, 5.74) is 3.88. The highest BCUT2D eigenvalue weighted by Crippen LogP contribution is 2.21. The zero-order valence-electron chi connectivity index (χ0n) is 11.3. The van der Waals surface area contributed by atoms with Crippen LogP contribution in [0.3, 0.4) is 0 Å². The molecule has 0 spiro atoms. The van der Waals surface area contributed by atoms with Crippen LogP contribution in [-0.4, -0.2) is 20.9 Å². The van der Waals surface area contributed by atoms with Crippen LogP contribution in [0, 0.1) is 13.8 Å². The number of anilines is 1. The number of hydrogen-bond acceptors (Lipinski definition) is 3. The summed E-state index contributed by atoms with van der Waals surface area (Å²) in [6.45, 7) is 4.39. The van der Waals surface area contributed by atoms with Crippen molar-refractivity contribution in [3.63, 3.8) is 0 Å². The lowest BCUT2D eigenvalue weighted by Gasteiger charge is -2.12. The molecule has 5 nitrogen and oxygen atoms in total. The average Bonchev–Trinajstić information content (AvgIpc) is 2.66. The van der Waals surface area contributed by atoms with Crippen molar-refractivity contribution in [3.8, 4) is 0 Å². The molecule has 0 saturated carbocycles. The van der Waals surface area contributed by atoms with E-state index in [9.17, 15) is 9.90 Å². The van der Waals surface area contributed by atoms with Gasteiger partial charge in [0, 0.05) is 25.4 Å².